The van der Waals surface area contributed by atoms with Crippen molar-refractivity contribution in [3.63, 3.8) is 0 Å². The number of carboxylic acids is 1. The monoisotopic (exact) mass is 265 g/mol. The molecule has 104 valence electrons. The first-order valence-electron chi connectivity index (χ1n) is 6.20. The first-order valence-corrected chi connectivity index (χ1v) is 6.20. The number of carbonyl (C=O) groups is 2. The Hall–Kier alpha value is -1.88. The zero-order chi connectivity index (χ0) is 14.4. The second-order valence-electron chi connectivity index (χ2n) is 4.72. The SMILES string of the molecule is CC(C)CC(=O)N(CCO)c1ccc(C(=O)O)cc1. The maximum Gasteiger partial charge on any atom is 0.335 e. The van der Waals surface area contributed by atoms with E-state index in [1.54, 1.807) is 12.1 Å². The van der Waals surface area contributed by atoms with Crippen molar-refractivity contribution in [3.8, 4) is 0 Å². The topological polar surface area (TPSA) is 77.8 Å². The highest BCUT2D eigenvalue weighted by atomic mass is 16.4. The molecule has 0 aliphatic carbocycles. The molecule has 0 radical (unpaired) electrons. The highest BCUT2D eigenvalue weighted by molar-refractivity contribution is 5.94. The Morgan fingerprint density at radius 2 is 1.79 bits per heavy atom. The van der Waals surface area contributed by atoms with Crippen LogP contribution >= 0.6 is 0 Å². The minimum atomic E-state index is -1.01. The number of hydrogen-bond donors (Lipinski definition) is 2. The fourth-order valence-corrected chi connectivity index (χ4v) is 1.74. The number of aliphatic hydroxyl groups is 1. The third kappa shape index (κ3) is 4.37. The van der Waals surface area contributed by atoms with Gasteiger partial charge in [0.1, 0.15) is 0 Å². The Balaban J connectivity index is 2.92. The maximum absolute atomic E-state index is 12.1. The first kappa shape index (κ1) is 15.2. The number of rotatable bonds is 6. The van der Waals surface area contributed by atoms with Crippen LogP contribution in [0.15, 0.2) is 24.3 Å². The van der Waals surface area contributed by atoms with Crippen LogP contribution in [-0.2, 0) is 4.79 Å². The highest BCUT2D eigenvalue weighted by Crippen LogP contribution is 2.17. The maximum atomic E-state index is 12.1. The van der Waals surface area contributed by atoms with E-state index in [1.165, 1.54) is 17.0 Å². The molecule has 5 heteroatoms. The number of hydrogen-bond acceptors (Lipinski definition) is 3. The van der Waals surface area contributed by atoms with E-state index in [0.29, 0.717) is 12.1 Å². The molecule has 2 N–H and O–H groups in total. The number of aliphatic hydroxyl groups excluding tert-OH is 1. The molecule has 0 aromatic heterocycles. The molecular weight excluding hydrogens is 246 g/mol. The summed E-state index contributed by atoms with van der Waals surface area (Å²) in [4.78, 5) is 24.3. The molecule has 19 heavy (non-hydrogen) atoms. The summed E-state index contributed by atoms with van der Waals surface area (Å²) < 4.78 is 0. The van der Waals surface area contributed by atoms with Gasteiger partial charge in [0, 0.05) is 18.7 Å². The van der Waals surface area contributed by atoms with Gasteiger partial charge in [-0.2, -0.15) is 0 Å². The zero-order valence-electron chi connectivity index (χ0n) is 11.2. The smallest absolute Gasteiger partial charge is 0.335 e. The Kier molecular flexibility index (Phi) is 5.51. The summed E-state index contributed by atoms with van der Waals surface area (Å²) in [5.41, 5.74) is 0.772. The molecule has 1 rings (SSSR count). The van der Waals surface area contributed by atoms with Gasteiger partial charge in [-0.05, 0) is 30.2 Å². The average molecular weight is 265 g/mol. The van der Waals surface area contributed by atoms with Gasteiger partial charge in [-0.25, -0.2) is 4.79 Å². The molecule has 0 bridgehead atoms. The van der Waals surface area contributed by atoms with Crippen LogP contribution in [0.5, 0.6) is 0 Å². The quantitative estimate of drug-likeness (QED) is 0.821. The van der Waals surface area contributed by atoms with Crippen LogP contribution < -0.4 is 4.90 Å². The van der Waals surface area contributed by atoms with Gasteiger partial charge >= 0.3 is 5.97 Å². The molecule has 0 saturated heterocycles. The fraction of sp³-hybridized carbons (Fsp3) is 0.429. The van der Waals surface area contributed by atoms with E-state index in [4.69, 9.17) is 10.2 Å². The Morgan fingerprint density at radius 1 is 1.21 bits per heavy atom. The number of amides is 1. The number of carboxylic acid groups (broad SMARTS) is 1. The Bertz CT molecular complexity index is 439. The Morgan fingerprint density at radius 3 is 2.21 bits per heavy atom. The van der Waals surface area contributed by atoms with Gasteiger partial charge in [0.05, 0.1) is 12.2 Å². The third-order valence-corrected chi connectivity index (χ3v) is 2.63. The Labute approximate surface area is 112 Å². The summed E-state index contributed by atoms with van der Waals surface area (Å²) in [5.74, 6) is -0.854. The van der Waals surface area contributed by atoms with Crippen molar-refractivity contribution in [1.82, 2.24) is 0 Å². The number of benzene rings is 1. The summed E-state index contributed by atoms with van der Waals surface area (Å²) in [6.07, 6.45) is 0.390. The summed E-state index contributed by atoms with van der Waals surface area (Å²) >= 11 is 0. The second kappa shape index (κ2) is 6.89. The molecule has 0 aliphatic rings. The lowest BCUT2D eigenvalue weighted by Gasteiger charge is -2.23. The van der Waals surface area contributed by atoms with E-state index in [2.05, 4.69) is 0 Å². The van der Waals surface area contributed by atoms with Gasteiger partial charge < -0.3 is 15.1 Å². The standard InChI is InChI=1S/C14H19NO4/c1-10(2)9-13(17)15(7-8-16)12-5-3-11(4-6-12)14(18)19/h3-6,10,16H,7-9H2,1-2H3,(H,18,19). The van der Waals surface area contributed by atoms with Crippen LogP contribution in [0.2, 0.25) is 0 Å². The lowest BCUT2D eigenvalue weighted by molar-refractivity contribution is -0.119. The normalized spacial score (nSPS) is 10.5. The number of aromatic carboxylic acids is 1. The first-order chi connectivity index (χ1) is 8.95. The van der Waals surface area contributed by atoms with Crippen LogP contribution in [-0.4, -0.2) is 35.2 Å². The van der Waals surface area contributed by atoms with Gasteiger partial charge in [-0.3, -0.25) is 4.79 Å². The van der Waals surface area contributed by atoms with E-state index in [9.17, 15) is 9.59 Å². The van der Waals surface area contributed by atoms with Crippen molar-refractivity contribution in [2.24, 2.45) is 5.92 Å². The minimum Gasteiger partial charge on any atom is -0.478 e. The largest absolute Gasteiger partial charge is 0.478 e. The molecular formula is C14H19NO4. The highest BCUT2D eigenvalue weighted by Gasteiger charge is 2.16. The molecule has 0 spiro atoms. The predicted octanol–water partition coefficient (Wildman–Crippen LogP) is 1.76. The van der Waals surface area contributed by atoms with E-state index >= 15 is 0 Å². The van der Waals surface area contributed by atoms with Crippen molar-refractivity contribution < 1.29 is 19.8 Å². The van der Waals surface area contributed by atoms with E-state index in [-0.39, 0.29) is 30.5 Å². The van der Waals surface area contributed by atoms with Crippen molar-refractivity contribution in [2.45, 2.75) is 20.3 Å². The number of anilines is 1. The van der Waals surface area contributed by atoms with Crippen molar-refractivity contribution in [1.29, 1.82) is 0 Å². The van der Waals surface area contributed by atoms with Crippen LogP contribution in [0.4, 0.5) is 5.69 Å². The summed E-state index contributed by atoms with van der Waals surface area (Å²) in [6.45, 7) is 3.97. The summed E-state index contributed by atoms with van der Waals surface area (Å²) in [6, 6.07) is 6.06. The molecule has 0 heterocycles. The second-order valence-corrected chi connectivity index (χ2v) is 4.72. The number of carbonyl (C=O) groups excluding carboxylic acids is 1. The predicted molar refractivity (Wildman–Crippen MR) is 72.3 cm³/mol. The van der Waals surface area contributed by atoms with Gasteiger partial charge in [-0.1, -0.05) is 13.8 Å². The molecule has 0 aliphatic heterocycles. The minimum absolute atomic E-state index is 0.0767. The summed E-state index contributed by atoms with van der Waals surface area (Å²) in [5, 5.41) is 17.9. The van der Waals surface area contributed by atoms with Crippen molar-refractivity contribution >= 4 is 17.6 Å². The third-order valence-electron chi connectivity index (χ3n) is 2.63. The molecule has 5 nitrogen and oxygen atoms in total. The molecule has 1 aromatic rings. The summed E-state index contributed by atoms with van der Waals surface area (Å²) in [7, 11) is 0. The number of nitrogens with zero attached hydrogens (tertiary/aromatic N) is 1. The van der Waals surface area contributed by atoms with Gasteiger partial charge in [0.2, 0.25) is 5.91 Å². The van der Waals surface area contributed by atoms with Crippen molar-refractivity contribution in [2.75, 3.05) is 18.1 Å². The van der Waals surface area contributed by atoms with Crippen LogP contribution in [0.1, 0.15) is 30.6 Å². The molecule has 0 atom stereocenters. The van der Waals surface area contributed by atoms with E-state index in [0.717, 1.165) is 0 Å². The molecule has 0 fully saturated rings. The van der Waals surface area contributed by atoms with Gasteiger partial charge in [-0.15, -0.1) is 0 Å². The zero-order valence-corrected chi connectivity index (χ0v) is 11.2. The molecule has 0 saturated carbocycles. The van der Waals surface area contributed by atoms with Gasteiger partial charge in [0.25, 0.3) is 0 Å². The lowest BCUT2D eigenvalue weighted by atomic mass is 10.1. The lowest BCUT2D eigenvalue weighted by Crippen LogP contribution is -2.34. The van der Waals surface area contributed by atoms with Crippen LogP contribution in [0.3, 0.4) is 0 Å². The average Bonchev–Trinajstić information content (AvgIpc) is 2.35. The van der Waals surface area contributed by atoms with E-state index in [1.807, 2.05) is 13.8 Å². The van der Waals surface area contributed by atoms with Crippen LogP contribution in [0.25, 0.3) is 0 Å². The fourth-order valence-electron chi connectivity index (χ4n) is 1.74. The van der Waals surface area contributed by atoms with Crippen LogP contribution in [0, 0.1) is 5.92 Å². The van der Waals surface area contributed by atoms with Crippen molar-refractivity contribution in [3.05, 3.63) is 29.8 Å². The van der Waals surface area contributed by atoms with E-state index < -0.39 is 5.97 Å². The molecule has 1 aromatic carbocycles. The molecule has 1 amide bonds. The molecule has 0 unspecified atom stereocenters. The van der Waals surface area contributed by atoms with Gasteiger partial charge in [0.15, 0.2) is 0 Å².